The monoisotopic (exact) mass is 478 g/mol. The number of nitrogens with zero attached hydrogens (tertiary/aromatic N) is 5. The van der Waals surface area contributed by atoms with E-state index in [9.17, 15) is 0 Å². The molecule has 1 spiro atoms. The molecule has 3 aliphatic rings. The highest BCUT2D eigenvalue weighted by molar-refractivity contribution is 6.32. The van der Waals surface area contributed by atoms with Gasteiger partial charge in [0.1, 0.15) is 0 Å². The molecule has 168 valence electrons. The van der Waals surface area contributed by atoms with E-state index < -0.39 is 0 Å². The molecule has 1 saturated carbocycles. The highest BCUT2D eigenvalue weighted by Crippen LogP contribution is 2.53. The average molecular weight is 479 g/mol. The Kier molecular flexibility index (Phi) is 5.32. The molecule has 1 atom stereocenters. The summed E-state index contributed by atoms with van der Waals surface area (Å²) in [5.74, 6) is 0.638. The van der Waals surface area contributed by atoms with Gasteiger partial charge in [-0.15, -0.1) is 10.2 Å². The van der Waals surface area contributed by atoms with Gasteiger partial charge in [0.2, 0.25) is 5.28 Å². The minimum Gasteiger partial charge on any atom is -0.353 e. The Morgan fingerprint density at radius 3 is 2.73 bits per heavy atom. The molecule has 1 aliphatic carbocycles. The van der Waals surface area contributed by atoms with Gasteiger partial charge in [0, 0.05) is 49.4 Å². The Labute approximate surface area is 203 Å². The van der Waals surface area contributed by atoms with Crippen molar-refractivity contribution < 1.29 is 0 Å². The molecule has 4 heterocycles. The average Bonchev–Trinajstić information content (AvgIpc) is 2.77. The Morgan fingerprint density at radius 1 is 1.09 bits per heavy atom. The van der Waals surface area contributed by atoms with E-state index in [-0.39, 0.29) is 5.28 Å². The van der Waals surface area contributed by atoms with Gasteiger partial charge in [-0.2, -0.15) is 4.98 Å². The van der Waals surface area contributed by atoms with Crippen molar-refractivity contribution in [3.8, 4) is 0 Å². The van der Waals surface area contributed by atoms with Crippen molar-refractivity contribution in [2.75, 3.05) is 18.0 Å². The molecule has 33 heavy (non-hydrogen) atoms. The third-order valence-corrected chi connectivity index (χ3v) is 7.44. The Hall–Kier alpha value is -2.54. The summed E-state index contributed by atoms with van der Waals surface area (Å²) in [6, 6.07) is 13.3. The van der Waals surface area contributed by atoms with Gasteiger partial charge in [0.15, 0.2) is 11.0 Å². The van der Waals surface area contributed by atoms with Crippen LogP contribution in [0.3, 0.4) is 0 Å². The van der Waals surface area contributed by atoms with Gasteiger partial charge in [-0.25, -0.2) is 0 Å². The van der Waals surface area contributed by atoms with Gasteiger partial charge in [0.05, 0.1) is 0 Å². The molecule has 2 fully saturated rings. The summed E-state index contributed by atoms with van der Waals surface area (Å²) in [5.41, 5.74) is 7.07. The number of hydrogen-bond acceptors (Lipinski definition) is 6. The van der Waals surface area contributed by atoms with Crippen LogP contribution in [0, 0.1) is 5.41 Å². The van der Waals surface area contributed by atoms with Gasteiger partial charge in [-0.05, 0) is 53.6 Å². The fourth-order valence-electron chi connectivity index (χ4n) is 5.52. The lowest BCUT2D eigenvalue weighted by Gasteiger charge is -2.57. The Morgan fingerprint density at radius 2 is 1.91 bits per heavy atom. The standard InChI is InChI=1S/C25H24Cl2N6/c26-22-23(30-24(27)32-31-22)33-14-25(15-33)11-17(12-25)8-18-6-7-28-21-10-19(29-13-20(18)21)9-16-4-2-1-3-5-16/h1-8,19,29H,9-15H2. The van der Waals surface area contributed by atoms with Gasteiger partial charge in [-0.1, -0.05) is 53.6 Å². The molecular formula is C25H24Cl2N6. The lowest BCUT2D eigenvalue weighted by Crippen LogP contribution is -2.60. The largest absolute Gasteiger partial charge is 0.353 e. The molecule has 2 aliphatic heterocycles. The van der Waals surface area contributed by atoms with Crippen LogP contribution >= 0.6 is 23.2 Å². The summed E-state index contributed by atoms with van der Waals surface area (Å²) in [5, 5.41) is 11.7. The maximum Gasteiger partial charge on any atom is 0.245 e. The number of benzene rings is 1. The van der Waals surface area contributed by atoms with Crippen LogP contribution in [0.25, 0.3) is 6.08 Å². The lowest BCUT2D eigenvalue weighted by atomic mass is 9.60. The molecule has 8 heteroatoms. The fraction of sp³-hybridized carbons (Fsp3) is 0.360. The maximum absolute atomic E-state index is 6.16. The first-order valence-corrected chi connectivity index (χ1v) is 12.1. The smallest absolute Gasteiger partial charge is 0.245 e. The van der Waals surface area contributed by atoms with Crippen molar-refractivity contribution in [1.82, 2.24) is 25.5 Å². The van der Waals surface area contributed by atoms with E-state index in [0.717, 1.165) is 45.3 Å². The molecule has 1 unspecified atom stereocenters. The molecule has 6 nitrogen and oxygen atoms in total. The second-order valence-corrected chi connectivity index (χ2v) is 10.2. The van der Waals surface area contributed by atoms with Crippen LogP contribution in [0.15, 0.2) is 48.2 Å². The normalized spacial score (nSPS) is 20.7. The number of halogens is 2. The van der Waals surface area contributed by atoms with E-state index in [2.05, 4.69) is 67.9 Å². The highest BCUT2D eigenvalue weighted by Gasteiger charge is 2.50. The summed E-state index contributed by atoms with van der Waals surface area (Å²) < 4.78 is 0. The van der Waals surface area contributed by atoms with Crippen molar-refractivity contribution in [3.05, 3.63) is 81.0 Å². The van der Waals surface area contributed by atoms with Gasteiger partial charge < -0.3 is 10.2 Å². The molecule has 1 saturated heterocycles. The van der Waals surface area contributed by atoms with Gasteiger partial charge >= 0.3 is 0 Å². The zero-order valence-corrected chi connectivity index (χ0v) is 19.6. The molecule has 2 aromatic heterocycles. The van der Waals surface area contributed by atoms with E-state index in [1.54, 1.807) is 0 Å². The molecule has 6 rings (SSSR count). The topological polar surface area (TPSA) is 66.8 Å². The van der Waals surface area contributed by atoms with Gasteiger partial charge in [0.25, 0.3) is 0 Å². The van der Waals surface area contributed by atoms with Crippen molar-refractivity contribution >= 4 is 35.1 Å². The molecule has 0 radical (unpaired) electrons. The van der Waals surface area contributed by atoms with Gasteiger partial charge in [-0.3, -0.25) is 4.98 Å². The van der Waals surface area contributed by atoms with Crippen molar-refractivity contribution in [2.24, 2.45) is 5.41 Å². The molecule has 1 N–H and O–H groups in total. The lowest BCUT2D eigenvalue weighted by molar-refractivity contribution is 0.149. The van der Waals surface area contributed by atoms with E-state index >= 15 is 0 Å². The molecule has 0 amide bonds. The van der Waals surface area contributed by atoms with Crippen LogP contribution in [0.1, 0.15) is 35.2 Å². The molecule has 1 aromatic carbocycles. The minimum absolute atomic E-state index is 0.131. The van der Waals surface area contributed by atoms with Crippen molar-refractivity contribution in [3.63, 3.8) is 0 Å². The third kappa shape index (κ3) is 4.12. The highest BCUT2D eigenvalue weighted by atomic mass is 35.5. The summed E-state index contributed by atoms with van der Waals surface area (Å²) in [4.78, 5) is 11.1. The van der Waals surface area contributed by atoms with E-state index in [4.69, 9.17) is 28.2 Å². The number of pyridine rings is 1. The predicted octanol–water partition coefficient (Wildman–Crippen LogP) is 4.51. The first-order chi connectivity index (χ1) is 16.1. The van der Waals surface area contributed by atoms with E-state index in [0.29, 0.717) is 22.4 Å². The van der Waals surface area contributed by atoms with Crippen LogP contribution < -0.4 is 10.2 Å². The number of hydrogen-bond donors (Lipinski definition) is 1. The Balaban J connectivity index is 1.10. The van der Waals surface area contributed by atoms with Crippen molar-refractivity contribution in [2.45, 2.75) is 38.3 Å². The van der Waals surface area contributed by atoms with Crippen LogP contribution in [0.2, 0.25) is 10.4 Å². The van der Waals surface area contributed by atoms with Crippen LogP contribution in [0.4, 0.5) is 5.82 Å². The number of aromatic nitrogens is 4. The number of rotatable bonds is 4. The molecular weight excluding hydrogens is 455 g/mol. The number of allylic oxidation sites excluding steroid dienone is 1. The first kappa shape index (κ1) is 21.0. The second kappa shape index (κ2) is 8.35. The van der Waals surface area contributed by atoms with Crippen LogP contribution in [0.5, 0.6) is 0 Å². The quantitative estimate of drug-likeness (QED) is 0.594. The summed E-state index contributed by atoms with van der Waals surface area (Å²) >= 11 is 12.0. The minimum atomic E-state index is 0.131. The number of fused-ring (bicyclic) bond motifs is 1. The van der Waals surface area contributed by atoms with Crippen molar-refractivity contribution in [1.29, 1.82) is 0 Å². The molecule has 3 aromatic rings. The number of nitrogens with one attached hydrogen (secondary N) is 1. The summed E-state index contributed by atoms with van der Waals surface area (Å²) in [6.45, 7) is 2.73. The summed E-state index contributed by atoms with van der Waals surface area (Å²) in [7, 11) is 0. The molecule has 0 bridgehead atoms. The fourth-order valence-corrected chi connectivity index (χ4v) is 5.84. The zero-order chi connectivity index (χ0) is 22.4. The Bertz CT molecular complexity index is 1210. The second-order valence-electron chi connectivity index (χ2n) is 9.50. The van der Waals surface area contributed by atoms with Crippen LogP contribution in [-0.4, -0.2) is 39.3 Å². The zero-order valence-electron chi connectivity index (χ0n) is 18.1. The van der Waals surface area contributed by atoms with E-state index in [1.165, 1.54) is 28.0 Å². The third-order valence-electron chi connectivity index (χ3n) is 7.03. The predicted molar refractivity (Wildman–Crippen MR) is 130 cm³/mol. The van der Waals surface area contributed by atoms with Crippen LogP contribution in [-0.2, 0) is 19.4 Å². The number of anilines is 1. The van der Waals surface area contributed by atoms with E-state index in [1.807, 2.05) is 6.20 Å². The SMILES string of the molecule is Clc1nnc(Cl)c(N2CC3(CC(=Cc4ccnc5c4CNC(Cc4ccccc4)C5)C3)C2)n1. The first-order valence-electron chi connectivity index (χ1n) is 11.3. The maximum atomic E-state index is 6.16. The summed E-state index contributed by atoms with van der Waals surface area (Å²) in [6.07, 6.45) is 8.55.